The Balaban J connectivity index is 2.26. The Kier molecular flexibility index (Phi) is 7.55. The monoisotopic (exact) mass is 383 g/mol. The lowest BCUT2D eigenvalue weighted by Gasteiger charge is -2.15. The van der Waals surface area contributed by atoms with Gasteiger partial charge in [-0.2, -0.15) is 0 Å². The molecule has 2 N–H and O–H groups in total. The lowest BCUT2D eigenvalue weighted by atomic mass is 10.0. The number of benzene rings is 1. The predicted octanol–water partition coefficient (Wildman–Crippen LogP) is 2.79. The third-order valence-electron chi connectivity index (χ3n) is 4.42. The van der Waals surface area contributed by atoms with Gasteiger partial charge in [-0.05, 0) is 24.3 Å². The van der Waals surface area contributed by atoms with Gasteiger partial charge in [-0.3, -0.25) is 14.4 Å². The average Bonchev–Trinajstić information content (AvgIpc) is 2.67. The minimum absolute atomic E-state index is 0.00809. The average molecular weight is 383 g/mol. The molecule has 1 heterocycles. The largest absolute Gasteiger partial charge is 0.352 e. The highest BCUT2D eigenvalue weighted by Gasteiger charge is 2.19. The first-order valence-corrected chi connectivity index (χ1v) is 9.68. The highest BCUT2D eigenvalue weighted by Crippen LogP contribution is 2.13. The number of aromatic nitrogens is 1. The van der Waals surface area contributed by atoms with Crippen molar-refractivity contribution in [1.82, 2.24) is 15.2 Å². The summed E-state index contributed by atoms with van der Waals surface area (Å²) in [4.78, 5) is 37.7. The summed E-state index contributed by atoms with van der Waals surface area (Å²) in [5, 5.41) is 5.47. The van der Waals surface area contributed by atoms with E-state index < -0.39 is 17.2 Å². The third-order valence-corrected chi connectivity index (χ3v) is 4.42. The van der Waals surface area contributed by atoms with Crippen LogP contribution in [0.4, 0.5) is 0 Å². The van der Waals surface area contributed by atoms with Crippen LogP contribution in [0.25, 0.3) is 0 Å². The number of nitrogens with one attached hydrogen (secondary N) is 2. The molecule has 28 heavy (non-hydrogen) atoms. The summed E-state index contributed by atoms with van der Waals surface area (Å²) in [5.74, 6) is -0.512. The van der Waals surface area contributed by atoms with E-state index in [0.29, 0.717) is 25.6 Å². The van der Waals surface area contributed by atoms with E-state index in [1.54, 1.807) is 11.5 Å². The Labute approximate surface area is 166 Å². The van der Waals surface area contributed by atoms with Crippen LogP contribution in [-0.4, -0.2) is 29.5 Å². The van der Waals surface area contributed by atoms with Crippen molar-refractivity contribution in [2.24, 2.45) is 5.92 Å². The molecular formula is C22H29N3O3. The van der Waals surface area contributed by atoms with Crippen molar-refractivity contribution < 1.29 is 9.59 Å². The van der Waals surface area contributed by atoms with E-state index in [4.69, 9.17) is 0 Å². The molecular weight excluding hydrogens is 354 g/mol. The van der Waals surface area contributed by atoms with Crippen molar-refractivity contribution >= 4 is 11.8 Å². The van der Waals surface area contributed by atoms with Crippen LogP contribution < -0.4 is 16.1 Å². The second-order valence-corrected chi connectivity index (χ2v) is 7.39. The summed E-state index contributed by atoms with van der Waals surface area (Å²) in [7, 11) is 0. The first-order valence-electron chi connectivity index (χ1n) is 9.68. The number of carbonyl (C=O) groups is 2. The summed E-state index contributed by atoms with van der Waals surface area (Å²) in [6, 6.07) is 9.85. The van der Waals surface area contributed by atoms with Crippen LogP contribution >= 0.6 is 0 Å². The van der Waals surface area contributed by atoms with Gasteiger partial charge in [0.05, 0.1) is 0 Å². The van der Waals surface area contributed by atoms with Gasteiger partial charge in [-0.25, -0.2) is 0 Å². The summed E-state index contributed by atoms with van der Waals surface area (Å²) < 4.78 is 1.74. The van der Waals surface area contributed by atoms with Crippen LogP contribution in [0.2, 0.25) is 0 Å². The SMILES string of the molecule is CCNC(=O)c1cn(CC(C)C)cc(C(=O)NC[C@H](C)c2ccccc2)c1=O. The lowest BCUT2D eigenvalue weighted by molar-refractivity contribution is 0.0949. The standard InChI is InChI=1S/C22H29N3O3/c1-5-23-21(27)18-13-25(12-15(2)3)14-19(20(18)26)22(28)24-11-16(4)17-9-7-6-8-10-17/h6-10,13-16H,5,11-12H2,1-4H3,(H,23,27)(H,24,28)/t16-/m0/s1. The Morgan fingerprint density at radius 3 is 2.07 bits per heavy atom. The zero-order valence-corrected chi connectivity index (χ0v) is 17.0. The summed E-state index contributed by atoms with van der Waals surface area (Å²) >= 11 is 0. The van der Waals surface area contributed by atoms with Gasteiger partial charge in [0.1, 0.15) is 11.1 Å². The highest BCUT2D eigenvalue weighted by molar-refractivity contribution is 5.99. The fraction of sp³-hybridized carbons (Fsp3) is 0.409. The minimum Gasteiger partial charge on any atom is -0.352 e. The zero-order valence-electron chi connectivity index (χ0n) is 17.0. The number of nitrogens with zero attached hydrogens (tertiary/aromatic N) is 1. The number of hydrogen-bond acceptors (Lipinski definition) is 3. The molecule has 1 atom stereocenters. The molecule has 150 valence electrons. The molecule has 2 amide bonds. The van der Waals surface area contributed by atoms with Crippen molar-refractivity contribution in [3.8, 4) is 0 Å². The molecule has 0 radical (unpaired) electrons. The smallest absolute Gasteiger partial charge is 0.256 e. The molecule has 0 bridgehead atoms. The number of rotatable bonds is 8. The van der Waals surface area contributed by atoms with Gasteiger partial charge in [0.2, 0.25) is 5.43 Å². The van der Waals surface area contributed by atoms with Crippen molar-refractivity contribution in [3.63, 3.8) is 0 Å². The molecule has 0 aliphatic heterocycles. The topological polar surface area (TPSA) is 80.2 Å². The molecule has 2 rings (SSSR count). The Morgan fingerprint density at radius 2 is 1.54 bits per heavy atom. The van der Waals surface area contributed by atoms with Crippen LogP contribution in [-0.2, 0) is 6.54 Å². The van der Waals surface area contributed by atoms with Crippen LogP contribution in [0.5, 0.6) is 0 Å². The van der Waals surface area contributed by atoms with E-state index in [1.165, 1.54) is 12.4 Å². The molecule has 0 aliphatic carbocycles. The van der Waals surface area contributed by atoms with Crippen molar-refractivity contribution in [1.29, 1.82) is 0 Å². The fourth-order valence-corrected chi connectivity index (χ4v) is 2.98. The van der Waals surface area contributed by atoms with E-state index in [0.717, 1.165) is 5.56 Å². The van der Waals surface area contributed by atoms with Gasteiger partial charge in [0.15, 0.2) is 0 Å². The van der Waals surface area contributed by atoms with Crippen LogP contribution in [0.15, 0.2) is 47.5 Å². The van der Waals surface area contributed by atoms with Gasteiger partial charge in [-0.1, -0.05) is 51.1 Å². The maximum Gasteiger partial charge on any atom is 0.256 e. The van der Waals surface area contributed by atoms with Crippen molar-refractivity contribution in [3.05, 3.63) is 69.6 Å². The van der Waals surface area contributed by atoms with Gasteiger partial charge in [-0.15, -0.1) is 0 Å². The maximum absolute atomic E-state index is 12.7. The summed E-state index contributed by atoms with van der Waals surface area (Å²) in [5.41, 5.74) is 0.544. The molecule has 0 aliphatic rings. The predicted molar refractivity (Wildman–Crippen MR) is 111 cm³/mol. The molecule has 6 heteroatoms. The first kappa shape index (κ1) is 21.4. The number of carbonyl (C=O) groups excluding carboxylic acids is 2. The van der Waals surface area contributed by atoms with E-state index in [2.05, 4.69) is 10.6 Å². The van der Waals surface area contributed by atoms with Crippen molar-refractivity contribution in [2.45, 2.75) is 40.2 Å². The number of hydrogen-bond donors (Lipinski definition) is 2. The zero-order chi connectivity index (χ0) is 20.7. The number of pyridine rings is 1. The second-order valence-electron chi connectivity index (χ2n) is 7.39. The van der Waals surface area contributed by atoms with E-state index in [1.807, 2.05) is 51.1 Å². The molecule has 0 saturated carbocycles. The molecule has 0 saturated heterocycles. The molecule has 1 aromatic carbocycles. The minimum atomic E-state index is -0.546. The fourth-order valence-electron chi connectivity index (χ4n) is 2.98. The van der Waals surface area contributed by atoms with Crippen molar-refractivity contribution in [2.75, 3.05) is 13.1 Å². The summed E-state index contributed by atoms with van der Waals surface area (Å²) in [6.45, 7) is 9.28. The van der Waals surface area contributed by atoms with Gasteiger partial charge < -0.3 is 15.2 Å². The maximum atomic E-state index is 12.7. The normalized spacial score (nSPS) is 11.9. The van der Waals surface area contributed by atoms with Crippen LogP contribution in [0.3, 0.4) is 0 Å². The lowest BCUT2D eigenvalue weighted by Crippen LogP contribution is -2.36. The van der Waals surface area contributed by atoms with E-state index in [9.17, 15) is 14.4 Å². The molecule has 0 unspecified atom stereocenters. The van der Waals surface area contributed by atoms with Gasteiger partial charge in [0, 0.05) is 32.0 Å². The molecule has 1 aromatic heterocycles. The molecule has 0 fully saturated rings. The van der Waals surface area contributed by atoms with Gasteiger partial charge in [0.25, 0.3) is 11.8 Å². The van der Waals surface area contributed by atoms with E-state index >= 15 is 0 Å². The Hall–Kier alpha value is -2.89. The quantitative estimate of drug-likeness (QED) is 0.736. The third kappa shape index (κ3) is 5.55. The Morgan fingerprint density at radius 1 is 0.964 bits per heavy atom. The second kappa shape index (κ2) is 9.88. The first-order chi connectivity index (χ1) is 13.3. The van der Waals surface area contributed by atoms with Crippen LogP contribution in [0, 0.1) is 5.92 Å². The van der Waals surface area contributed by atoms with Crippen LogP contribution in [0.1, 0.15) is 59.9 Å². The molecule has 2 aromatic rings. The number of amides is 2. The Bertz CT molecular complexity index is 872. The van der Waals surface area contributed by atoms with Gasteiger partial charge >= 0.3 is 0 Å². The molecule has 0 spiro atoms. The molecule has 6 nitrogen and oxygen atoms in total. The highest BCUT2D eigenvalue weighted by atomic mass is 16.2. The van der Waals surface area contributed by atoms with E-state index in [-0.39, 0.29) is 17.0 Å². The summed E-state index contributed by atoms with van der Waals surface area (Å²) in [6.07, 6.45) is 3.06.